The average molecular weight is 467 g/mol. The van der Waals surface area contributed by atoms with E-state index in [0.29, 0.717) is 23.3 Å². The molecule has 9 heteroatoms. The lowest BCUT2D eigenvalue weighted by Gasteiger charge is -2.07. The number of fused-ring (bicyclic) bond motifs is 1. The molecule has 152 valence electrons. The summed E-state index contributed by atoms with van der Waals surface area (Å²) in [6.45, 7) is 0.941. The van der Waals surface area contributed by atoms with E-state index in [4.69, 9.17) is 0 Å². The SMILES string of the molecule is O=C(CCn1cnc2ccc(Br)cc2c1=O)Nc1ccn(CCc2ccncc2)n1. The number of nitrogens with one attached hydrogen (secondary N) is 1. The standard InChI is InChI=1S/C21H19BrN6O2/c22-16-1-2-18-17(13-16)21(30)27(14-24-18)10-7-20(29)25-19-6-12-28(26-19)11-5-15-3-8-23-9-4-15/h1-4,6,8-9,12-14H,5,7,10-11H2,(H,25,26,29). The fraction of sp³-hybridized carbons (Fsp3) is 0.190. The first-order valence-corrected chi connectivity index (χ1v) is 10.2. The molecule has 0 aliphatic heterocycles. The number of anilines is 1. The number of halogens is 1. The summed E-state index contributed by atoms with van der Waals surface area (Å²) >= 11 is 3.36. The van der Waals surface area contributed by atoms with Crippen LogP contribution in [0, 0.1) is 0 Å². The molecule has 1 N–H and O–H groups in total. The molecule has 3 aromatic heterocycles. The second-order valence-corrected chi connectivity index (χ2v) is 7.69. The number of nitrogens with zero attached hydrogens (tertiary/aromatic N) is 5. The van der Waals surface area contributed by atoms with Gasteiger partial charge in [0.2, 0.25) is 5.91 Å². The molecule has 0 spiro atoms. The molecule has 4 rings (SSSR count). The van der Waals surface area contributed by atoms with Gasteiger partial charge in [0, 0.05) is 48.6 Å². The van der Waals surface area contributed by atoms with Gasteiger partial charge in [-0.1, -0.05) is 15.9 Å². The van der Waals surface area contributed by atoms with Crippen LogP contribution < -0.4 is 10.9 Å². The van der Waals surface area contributed by atoms with Crippen LogP contribution in [0.25, 0.3) is 10.9 Å². The summed E-state index contributed by atoms with van der Waals surface area (Å²) < 4.78 is 4.04. The van der Waals surface area contributed by atoms with Crippen molar-refractivity contribution in [3.05, 3.63) is 81.7 Å². The van der Waals surface area contributed by atoms with Crippen LogP contribution in [0.2, 0.25) is 0 Å². The number of hydrogen-bond donors (Lipinski definition) is 1. The van der Waals surface area contributed by atoms with Crippen molar-refractivity contribution in [2.75, 3.05) is 5.32 Å². The zero-order valence-corrected chi connectivity index (χ0v) is 17.6. The number of pyridine rings is 1. The molecule has 1 aromatic carbocycles. The molecule has 0 saturated carbocycles. The minimum atomic E-state index is -0.212. The lowest BCUT2D eigenvalue weighted by Crippen LogP contribution is -2.23. The van der Waals surface area contributed by atoms with Crippen LogP contribution in [0.1, 0.15) is 12.0 Å². The van der Waals surface area contributed by atoms with Gasteiger partial charge in [0.05, 0.1) is 17.2 Å². The van der Waals surface area contributed by atoms with E-state index in [0.717, 1.165) is 10.9 Å². The Kier molecular flexibility index (Phi) is 5.99. The highest BCUT2D eigenvalue weighted by molar-refractivity contribution is 9.10. The van der Waals surface area contributed by atoms with Gasteiger partial charge < -0.3 is 5.32 Å². The van der Waals surface area contributed by atoms with E-state index in [9.17, 15) is 9.59 Å². The Bertz CT molecular complexity index is 1240. The molecule has 0 radical (unpaired) electrons. The van der Waals surface area contributed by atoms with Gasteiger partial charge in [-0.3, -0.25) is 23.8 Å². The highest BCUT2D eigenvalue weighted by atomic mass is 79.9. The van der Waals surface area contributed by atoms with Crippen LogP contribution in [0.3, 0.4) is 0 Å². The molecule has 3 heterocycles. The highest BCUT2D eigenvalue weighted by Gasteiger charge is 2.09. The third-order valence-electron chi connectivity index (χ3n) is 4.65. The van der Waals surface area contributed by atoms with Gasteiger partial charge >= 0.3 is 0 Å². The van der Waals surface area contributed by atoms with E-state index in [-0.39, 0.29) is 24.4 Å². The molecule has 0 aliphatic carbocycles. The van der Waals surface area contributed by atoms with Gasteiger partial charge in [-0.05, 0) is 42.3 Å². The maximum atomic E-state index is 12.6. The number of amides is 1. The van der Waals surface area contributed by atoms with Crippen molar-refractivity contribution in [3.63, 3.8) is 0 Å². The van der Waals surface area contributed by atoms with Crippen molar-refractivity contribution in [3.8, 4) is 0 Å². The zero-order chi connectivity index (χ0) is 20.9. The fourth-order valence-electron chi connectivity index (χ4n) is 3.06. The Morgan fingerprint density at radius 2 is 1.93 bits per heavy atom. The fourth-order valence-corrected chi connectivity index (χ4v) is 3.42. The molecule has 0 atom stereocenters. The van der Waals surface area contributed by atoms with Gasteiger partial charge in [-0.25, -0.2) is 4.98 Å². The van der Waals surface area contributed by atoms with Gasteiger partial charge in [-0.2, -0.15) is 5.10 Å². The van der Waals surface area contributed by atoms with Crippen LogP contribution in [0.5, 0.6) is 0 Å². The summed E-state index contributed by atoms with van der Waals surface area (Å²) in [5.41, 5.74) is 1.63. The lowest BCUT2D eigenvalue weighted by atomic mass is 10.2. The monoisotopic (exact) mass is 466 g/mol. The van der Waals surface area contributed by atoms with Crippen molar-refractivity contribution < 1.29 is 4.79 Å². The van der Waals surface area contributed by atoms with E-state index in [2.05, 4.69) is 36.3 Å². The van der Waals surface area contributed by atoms with Crippen LogP contribution in [0.4, 0.5) is 5.82 Å². The van der Waals surface area contributed by atoms with Gasteiger partial charge in [-0.15, -0.1) is 0 Å². The van der Waals surface area contributed by atoms with Crippen molar-refractivity contribution in [1.29, 1.82) is 0 Å². The zero-order valence-electron chi connectivity index (χ0n) is 16.0. The second kappa shape index (κ2) is 9.00. The van der Waals surface area contributed by atoms with Gasteiger partial charge in [0.25, 0.3) is 5.56 Å². The Balaban J connectivity index is 1.33. The number of aryl methyl sites for hydroxylation is 3. The van der Waals surface area contributed by atoms with Crippen LogP contribution >= 0.6 is 15.9 Å². The predicted molar refractivity (Wildman–Crippen MR) is 117 cm³/mol. The molecular weight excluding hydrogens is 448 g/mol. The van der Waals surface area contributed by atoms with E-state index >= 15 is 0 Å². The average Bonchev–Trinajstić information content (AvgIpc) is 3.20. The third kappa shape index (κ3) is 4.80. The Morgan fingerprint density at radius 1 is 1.10 bits per heavy atom. The molecule has 0 aliphatic rings. The predicted octanol–water partition coefficient (Wildman–Crippen LogP) is 3.02. The Labute approximate surface area is 180 Å². The smallest absolute Gasteiger partial charge is 0.261 e. The topological polar surface area (TPSA) is 94.7 Å². The largest absolute Gasteiger partial charge is 0.309 e. The molecule has 4 aromatic rings. The van der Waals surface area contributed by atoms with Crippen molar-refractivity contribution in [2.24, 2.45) is 0 Å². The Morgan fingerprint density at radius 3 is 2.77 bits per heavy atom. The number of aromatic nitrogens is 5. The van der Waals surface area contributed by atoms with Crippen molar-refractivity contribution in [2.45, 2.75) is 25.9 Å². The lowest BCUT2D eigenvalue weighted by molar-refractivity contribution is -0.116. The van der Waals surface area contributed by atoms with E-state index in [1.54, 1.807) is 35.3 Å². The normalized spacial score (nSPS) is 11.0. The molecule has 0 bridgehead atoms. The molecule has 0 saturated heterocycles. The number of benzene rings is 1. The summed E-state index contributed by atoms with van der Waals surface area (Å²) in [7, 11) is 0. The first kappa shape index (κ1) is 20.0. The van der Waals surface area contributed by atoms with Gasteiger partial charge in [0.1, 0.15) is 0 Å². The summed E-state index contributed by atoms with van der Waals surface area (Å²) in [6.07, 6.45) is 7.79. The van der Waals surface area contributed by atoms with E-state index in [1.807, 2.05) is 24.4 Å². The summed E-state index contributed by atoms with van der Waals surface area (Å²) in [4.78, 5) is 33.2. The summed E-state index contributed by atoms with van der Waals surface area (Å²) in [6, 6.07) is 11.0. The molecule has 30 heavy (non-hydrogen) atoms. The minimum Gasteiger partial charge on any atom is -0.309 e. The maximum absolute atomic E-state index is 12.6. The number of rotatable bonds is 7. The second-order valence-electron chi connectivity index (χ2n) is 6.77. The van der Waals surface area contributed by atoms with E-state index in [1.165, 1.54) is 16.5 Å². The van der Waals surface area contributed by atoms with E-state index < -0.39 is 0 Å². The molecular formula is C21H19BrN6O2. The highest BCUT2D eigenvalue weighted by Crippen LogP contribution is 2.15. The number of hydrogen-bond acceptors (Lipinski definition) is 5. The van der Waals surface area contributed by atoms with Crippen molar-refractivity contribution >= 4 is 38.6 Å². The molecule has 1 amide bonds. The molecule has 8 nitrogen and oxygen atoms in total. The summed E-state index contributed by atoms with van der Waals surface area (Å²) in [5.74, 6) is 0.276. The first-order chi connectivity index (χ1) is 14.6. The van der Waals surface area contributed by atoms with Crippen LogP contribution in [-0.2, 0) is 24.3 Å². The third-order valence-corrected chi connectivity index (χ3v) is 5.15. The summed E-state index contributed by atoms with van der Waals surface area (Å²) in [5, 5.41) is 7.66. The Hall–Kier alpha value is -3.33. The maximum Gasteiger partial charge on any atom is 0.261 e. The minimum absolute atomic E-state index is 0.144. The van der Waals surface area contributed by atoms with Crippen LogP contribution in [-0.4, -0.2) is 30.2 Å². The first-order valence-electron chi connectivity index (χ1n) is 9.45. The number of carbonyl (C=O) groups is 1. The molecule has 0 fully saturated rings. The van der Waals surface area contributed by atoms with Crippen LogP contribution in [0.15, 0.2) is 70.6 Å². The number of carbonyl (C=O) groups excluding carboxylic acids is 1. The van der Waals surface area contributed by atoms with Gasteiger partial charge in [0.15, 0.2) is 5.82 Å². The molecule has 0 unspecified atom stereocenters. The van der Waals surface area contributed by atoms with Crippen molar-refractivity contribution in [1.82, 2.24) is 24.3 Å². The quantitative estimate of drug-likeness (QED) is 0.451.